The predicted molar refractivity (Wildman–Crippen MR) is 128 cm³/mol. The summed E-state index contributed by atoms with van der Waals surface area (Å²) in [6.07, 6.45) is 1.79. The average Bonchev–Trinajstić information content (AvgIpc) is 3.17. The number of carboxylic acid groups (broad SMARTS) is 1. The molecule has 1 heterocycles. The minimum absolute atomic E-state index is 0.153. The molecule has 178 valence electrons. The smallest absolute Gasteiger partial charge is 0.326 e. The second-order valence-corrected chi connectivity index (χ2v) is 7.81. The molecule has 0 saturated heterocycles. The molecule has 0 bridgehead atoms. The number of fused-ring (bicyclic) bond motifs is 1. The van der Waals surface area contributed by atoms with E-state index in [0.29, 0.717) is 22.8 Å². The lowest BCUT2D eigenvalue weighted by atomic mass is 10.1. The predicted octanol–water partition coefficient (Wildman–Crippen LogP) is 3.50. The molecular formula is C27H23NO7. The number of aliphatic carboxylic acids is 1. The van der Waals surface area contributed by atoms with Crippen LogP contribution in [-0.4, -0.2) is 42.5 Å². The summed E-state index contributed by atoms with van der Waals surface area (Å²) in [6.45, 7) is -0.389. The molecule has 0 unspecified atom stereocenters. The summed E-state index contributed by atoms with van der Waals surface area (Å²) < 4.78 is 16.4. The summed E-state index contributed by atoms with van der Waals surface area (Å²) in [6, 6.07) is 19.8. The summed E-state index contributed by atoms with van der Waals surface area (Å²) in [5, 5.41) is 11.9. The third-order valence-electron chi connectivity index (χ3n) is 5.34. The van der Waals surface area contributed by atoms with Crippen molar-refractivity contribution < 1.29 is 33.7 Å². The molecule has 2 N–H and O–H groups in total. The van der Waals surface area contributed by atoms with E-state index in [9.17, 15) is 19.5 Å². The van der Waals surface area contributed by atoms with Gasteiger partial charge in [0.25, 0.3) is 5.91 Å². The molecule has 1 atom stereocenters. The highest BCUT2D eigenvalue weighted by atomic mass is 16.5. The maximum absolute atomic E-state index is 12.7. The van der Waals surface area contributed by atoms with Crippen LogP contribution < -0.4 is 19.5 Å². The van der Waals surface area contributed by atoms with Crippen molar-refractivity contribution in [3.05, 3.63) is 95.2 Å². The number of carbonyl (C=O) groups excluding carboxylic acids is 2. The summed E-state index contributed by atoms with van der Waals surface area (Å²) >= 11 is 0. The van der Waals surface area contributed by atoms with Gasteiger partial charge in [-0.05, 0) is 41.5 Å². The van der Waals surface area contributed by atoms with Gasteiger partial charge in [-0.15, -0.1) is 0 Å². The number of ketones is 1. The van der Waals surface area contributed by atoms with E-state index < -0.39 is 17.9 Å². The van der Waals surface area contributed by atoms with Gasteiger partial charge in [0, 0.05) is 12.5 Å². The van der Waals surface area contributed by atoms with E-state index in [1.807, 2.05) is 6.07 Å². The first-order valence-electron chi connectivity index (χ1n) is 10.8. The second-order valence-electron chi connectivity index (χ2n) is 7.81. The molecule has 8 heteroatoms. The minimum atomic E-state index is -1.14. The van der Waals surface area contributed by atoms with Crippen molar-refractivity contribution in [2.45, 2.75) is 12.5 Å². The van der Waals surface area contributed by atoms with Gasteiger partial charge in [-0.2, -0.15) is 0 Å². The Labute approximate surface area is 201 Å². The van der Waals surface area contributed by atoms with E-state index >= 15 is 0 Å². The number of ether oxygens (including phenoxy) is 3. The monoisotopic (exact) mass is 473 g/mol. The molecule has 0 fully saturated rings. The van der Waals surface area contributed by atoms with Crippen LogP contribution in [0.5, 0.6) is 17.2 Å². The van der Waals surface area contributed by atoms with Crippen LogP contribution in [0.15, 0.2) is 78.6 Å². The lowest BCUT2D eigenvalue weighted by Crippen LogP contribution is -2.44. The highest BCUT2D eigenvalue weighted by Crippen LogP contribution is 2.35. The number of hydrogen-bond acceptors (Lipinski definition) is 6. The molecule has 0 radical (unpaired) electrons. The second kappa shape index (κ2) is 10.6. The molecule has 3 aromatic carbocycles. The van der Waals surface area contributed by atoms with E-state index in [4.69, 9.17) is 14.2 Å². The molecule has 1 amide bonds. The fraction of sp³-hybridized carbons (Fsp3) is 0.148. The van der Waals surface area contributed by atoms with Crippen LogP contribution in [-0.2, 0) is 16.0 Å². The van der Waals surface area contributed by atoms with Crippen molar-refractivity contribution in [2.75, 3.05) is 13.7 Å². The standard InChI is InChI=1S/C27H23NO7/c1-33-19-9-7-18(8-10-19)14-24-26(30)21-12-11-20(15-23(21)35-24)34-16-25(29)28-22(27(31)32)13-17-5-3-2-4-6-17/h2-12,14-15,22H,13,16H2,1H3,(H,28,29)(H,31,32)/t22-/m1/s1. The topological polar surface area (TPSA) is 111 Å². The third-order valence-corrected chi connectivity index (χ3v) is 5.34. The summed E-state index contributed by atoms with van der Waals surface area (Å²) in [5.74, 6) is -0.466. The number of allylic oxidation sites excluding steroid dienone is 1. The van der Waals surface area contributed by atoms with E-state index in [1.54, 1.807) is 73.8 Å². The normalized spacial score (nSPS) is 14.1. The van der Waals surface area contributed by atoms with Crippen LogP contribution in [0.25, 0.3) is 6.08 Å². The van der Waals surface area contributed by atoms with Crippen LogP contribution in [0.2, 0.25) is 0 Å². The van der Waals surface area contributed by atoms with Crippen molar-refractivity contribution in [1.29, 1.82) is 0 Å². The van der Waals surface area contributed by atoms with Crippen LogP contribution in [0.3, 0.4) is 0 Å². The number of methoxy groups -OCH3 is 1. The molecule has 0 saturated carbocycles. The number of benzene rings is 3. The van der Waals surface area contributed by atoms with Crippen molar-refractivity contribution in [2.24, 2.45) is 0 Å². The summed E-state index contributed by atoms with van der Waals surface area (Å²) in [5.41, 5.74) is 1.95. The van der Waals surface area contributed by atoms with Crippen LogP contribution >= 0.6 is 0 Å². The molecule has 8 nitrogen and oxygen atoms in total. The molecule has 0 aromatic heterocycles. The maximum Gasteiger partial charge on any atom is 0.326 e. The van der Waals surface area contributed by atoms with Crippen LogP contribution in [0.1, 0.15) is 21.5 Å². The Hall–Kier alpha value is -4.59. The van der Waals surface area contributed by atoms with Gasteiger partial charge in [0.2, 0.25) is 5.78 Å². The number of Topliss-reactive ketones (excluding diaryl/α,β-unsaturated/α-hetero) is 1. The zero-order valence-corrected chi connectivity index (χ0v) is 18.9. The zero-order chi connectivity index (χ0) is 24.8. The zero-order valence-electron chi connectivity index (χ0n) is 18.9. The van der Waals surface area contributed by atoms with E-state index in [-0.39, 0.29) is 24.6 Å². The van der Waals surface area contributed by atoms with E-state index in [0.717, 1.165) is 11.1 Å². The Morgan fingerprint density at radius 1 is 1.03 bits per heavy atom. The molecule has 0 aliphatic carbocycles. The average molecular weight is 473 g/mol. The lowest BCUT2D eigenvalue weighted by molar-refractivity contribution is -0.142. The van der Waals surface area contributed by atoms with E-state index in [1.165, 1.54) is 6.07 Å². The first-order chi connectivity index (χ1) is 16.9. The summed E-state index contributed by atoms with van der Waals surface area (Å²) in [4.78, 5) is 36.5. The van der Waals surface area contributed by atoms with Crippen molar-refractivity contribution in [3.8, 4) is 17.2 Å². The largest absolute Gasteiger partial charge is 0.497 e. The Morgan fingerprint density at radius 3 is 2.43 bits per heavy atom. The molecular weight excluding hydrogens is 450 g/mol. The third kappa shape index (κ3) is 5.86. The molecule has 3 aromatic rings. The van der Waals surface area contributed by atoms with Gasteiger partial charge >= 0.3 is 5.97 Å². The Morgan fingerprint density at radius 2 is 1.74 bits per heavy atom. The number of rotatable bonds is 9. The highest BCUT2D eigenvalue weighted by molar-refractivity contribution is 6.14. The Balaban J connectivity index is 1.36. The van der Waals surface area contributed by atoms with Crippen molar-refractivity contribution in [1.82, 2.24) is 5.32 Å². The molecule has 1 aliphatic heterocycles. The minimum Gasteiger partial charge on any atom is -0.497 e. The fourth-order valence-electron chi connectivity index (χ4n) is 3.54. The lowest BCUT2D eigenvalue weighted by Gasteiger charge is -2.15. The number of nitrogens with one attached hydrogen (secondary N) is 1. The number of carboxylic acids is 1. The van der Waals surface area contributed by atoms with Gasteiger partial charge in [-0.3, -0.25) is 9.59 Å². The molecule has 35 heavy (non-hydrogen) atoms. The van der Waals surface area contributed by atoms with Crippen LogP contribution in [0.4, 0.5) is 0 Å². The van der Waals surface area contributed by atoms with Gasteiger partial charge < -0.3 is 24.6 Å². The van der Waals surface area contributed by atoms with Gasteiger partial charge in [0.1, 0.15) is 23.3 Å². The number of carbonyl (C=O) groups is 3. The van der Waals surface area contributed by atoms with E-state index in [2.05, 4.69) is 5.32 Å². The number of amides is 1. The van der Waals surface area contributed by atoms with Gasteiger partial charge in [-0.25, -0.2) is 4.79 Å². The fourth-order valence-corrected chi connectivity index (χ4v) is 3.54. The highest BCUT2D eigenvalue weighted by Gasteiger charge is 2.28. The Kier molecular flexibility index (Phi) is 7.11. The SMILES string of the molecule is COc1ccc(C=C2Oc3cc(OCC(=O)N[C@H](Cc4ccccc4)C(=O)O)ccc3C2=O)cc1. The van der Waals surface area contributed by atoms with Gasteiger partial charge in [0.15, 0.2) is 12.4 Å². The summed E-state index contributed by atoms with van der Waals surface area (Å²) in [7, 11) is 1.58. The van der Waals surface area contributed by atoms with Gasteiger partial charge in [-0.1, -0.05) is 42.5 Å². The molecule has 1 aliphatic rings. The van der Waals surface area contributed by atoms with Crippen molar-refractivity contribution >= 4 is 23.7 Å². The van der Waals surface area contributed by atoms with Crippen LogP contribution in [0, 0.1) is 0 Å². The maximum atomic E-state index is 12.7. The molecule has 4 rings (SSSR count). The quantitative estimate of drug-likeness (QED) is 0.458. The molecule has 0 spiro atoms. The number of hydrogen-bond donors (Lipinski definition) is 2. The Bertz CT molecular complexity index is 1270. The first-order valence-corrected chi connectivity index (χ1v) is 10.8. The van der Waals surface area contributed by atoms with Gasteiger partial charge in [0.05, 0.1) is 12.7 Å². The first kappa shape index (κ1) is 23.6. The van der Waals surface area contributed by atoms with Crippen molar-refractivity contribution in [3.63, 3.8) is 0 Å².